The van der Waals surface area contributed by atoms with Crippen molar-refractivity contribution in [1.82, 2.24) is 18.3 Å². The molecule has 5 aromatic rings. The summed E-state index contributed by atoms with van der Waals surface area (Å²) in [6.45, 7) is 3.54. The highest BCUT2D eigenvalue weighted by atomic mass is 35.5. The van der Waals surface area contributed by atoms with Crippen molar-refractivity contribution in [3.8, 4) is 0 Å². The number of halogens is 3. The Kier molecular flexibility index (Phi) is 5.23. The topological polar surface area (TPSA) is 86.3 Å². The molecule has 0 saturated heterocycles. The molecule has 32 heavy (non-hydrogen) atoms. The fraction of sp³-hybridized carbons (Fsp3) is 0.0952. The van der Waals surface area contributed by atoms with E-state index in [1.807, 2.05) is 6.92 Å². The van der Waals surface area contributed by atoms with Gasteiger partial charge in [-0.1, -0.05) is 23.8 Å². The van der Waals surface area contributed by atoms with Gasteiger partial charge in [0.2, 0.25) is 5.28 Å². The lowest BCUT2D eigenvalue weighted by molar-refractivity contribution is 0.588. The van der Waals surface area contributed by atoms with Crippen molar-refractivity contribution in [2.24, 2.45) is 0 Å². The van der Waals surface area contributed by atoms with Gasteiger partial charge < -0.3 is 0 Å². The molecule has 3 aromatic heterocycles. The summed E-state index contributed by atoms with van der Waals surface area (Å²) in [4.78, 5) is 21.7. The van der Waals surface area contributed by atoms with Crippen LogP contribution in [0.1, 0.15) is 11.1 Å². The first-order chi connectivity index (χ1) is 14.7. The second kappa shape index (κ2) is 7.54. The summed E-state index contributed by atoms with van der Waals surface area (Å²) in [6, 6.07) is 10.5. The Morgan fingerprint density at radius 1 is 0.969 bits per heavy atom. The van der Waals surface area contributed by atoms with E-state index < -0.39 is 21.4 Å². The van der Waals surface area contributed by atoms with Gasteiger partial charge in [0, 0.05) is 6.20 Å². The van der Waals surface area contributed by atoms with E-state index in [2.05, 4.69) is 9.97 Å². The van der Waals surface area contributed by atoms with E-state index >= 15 is 0 Å². The maximum absolute atomic E-state index is 14.3. The maximum Gasteiger partial charge on any atom is 0.271 e. The van der Waals surface area contributed by atoms with Crippen molar-refractivity contribution in [3.05, 3.63) is 81.2 Å². The van der Waals surface area contributed by atoms with E-state index in [-0.39, 0.29) is 44.8 Å². The Bertz CT molecular complexity index is 1710. The van der Waals surface area contributed by atoms with Crippen LogP contribution in [-0.4, -0.2) is 26.8 Å². The molecule has 0 spiro atoms. The Morgan fingerprint density at radius 2 is 1.66 bits per heavy atom. The Balaban J connectivity index is 0.00000245. The molecule has 0 aliphatic rings. The van der Waals surface area contributed by atoms with Crippen LogP contribution in [0.15, 0.2) is 58.4 Å². The lowest BCUT2D eigenvalue weighted by atomic mass is 10.2. The molecule has 3 heterocycles. The molecule has 2 aromatic carbocycles. The van der Waals surface area contributed by atoms with Gasteiger partial charge >= 0.3 is 0 Å². The van der Waals surface area contributed by atoms with Gasteiger partial charge in [0.15, 0.2) is 11.3 Å². The summed E-state index contributed by atoms with van der Waals surface area (Å²) < 4.78 is 42.9. The second-order valence-corrected chi connectivity index (χ2v) is 9.37. The predicted molar refractivity (Wildman–Crippen MR) is 123 cm³/mol. The molecule has 164 valence electrons. The molecule has 0 radical (unpaired) electrons. The number of nitrogens with zero attached hydrogens (tertiary/aromatic N) is 4. The summed E-state index contributed by atoms with van der Waals surface area (Å²) in [5.41, 5.74) is 1.00. The van der Waals surface area contributed by atoms with Crippen LogP contribution in [0.3, 0.4) is 0 Å². The van der Waals surface area contributed by atoms with E-state index in [1.54, 1.807) is 19.1 Å². The molecule has 11 heteroatoms. The third-order valence-electron chi connectivity index (χ3n) is 5.17. The summed E-state index contributed by atoms with van der Waals surface area (Å²) in [5, 5.41) is -0.195. The van der Waals surface area contributed by atoms with Crippen LogP contribution in [0.25, 0.3) is 27.6 Å². The zero-order chi connectivity index (χ0) is 22.1. The molecule has 0 bridgehead atoms. The lowest BCUT2D eigenvalue weighted by Gasteiger charge is -2.10. The largest absolute Gasteiger partial charge is 0.271 e. The van der Waals surface area contributed by atoms with Crippen molar-refractivity contribution >= 4 is 61.6 Å². The van der Waals surface area contributed by atoms with Gasteiger partial charge in [-0.3, -0.25) is 4.79 Å². The first-order valence-corrected chi connectivity index (χ1v) is 11.0. The first-order valence-electron chi connectivity index (χ1n) is 9.20. The normalized spacial score (nSPS) is 11.9. The highest BCUT2D eigenvalue weighted by Crippen LogP contribution is 2.29. The molecule has 0 fully saturated rings. The van der Waals surface area contributed by atoms with Gasteiger partial charge in [-0.25, -0.2) is 26.2 Å². The van der Waals surface area contributed by atoms with Crippen LogP contribution in [0.2, 0.25) is 5.28 Å². The lowest BCUT2D eigenvalue weighted by Crippen LogP contribution is -2.19. The first kappa shape index (κ1) is 22.2. The van der Waals surface area contributed by atoms with Crippen LogP contribution >= 0.6 is 24.0 Å². The molecule has 0 unspecified atom stereocenters. The number of hydrogen-bond acceptors (Lipinski definition) is 5. The van der Waals surface area contributed by atoms with Crippen molar-refractivity contribution in [2.45, 2.75) is 18.7 Å². The van der Waals surface area contributed by atoms with E-state index in [4.69, 9.17) is 11.6 Å². The summed E-state index contributed by atoms with van der Waals surface area (Å²) >= 11 is 6.27. The molecule has 0 aliphatic carbocycles. The molecule has 0 atom stereocenters. The SMILES string of the molecule is Cc1ccc(S(=O)(=O)n2cc(C)c3c2nc(Cl)n2c(=O)c4c(F)cccc4nc32)cc1.Cl. The van der Waals surface area contributed by atoms with Crippen molar-refractivity contribution in [2.75, 3.05) is 0 Å². The number of rotatable bonds is 2. The smallest absolute Gasteiger partial charge is 0.268 e. The minimum absolute atomic E-state index is 0. The zero-order valence-corrected chi connectivity index (χ0v) is 19.1. The monoisotopic (exact) mass is 492 g/mol. The molecule has 0 amide bonds. The molecule has 0 N–H and O–H groups in total. The Hall–Kier alpha value is -3.01. The molecule has 0 aliphatic heterocycles. The third kappa shape index (κ3) is 3.08. The highest BCUT2D eigenvalue weighted by molar-refractivity contribution is 7.90. The van der Waals surface area contributed by atoms with E-state index in [0.717, 1.165) is 20.0 Å². The summed E-state index contributed by atoms with van der Waals surface area (Å²) in [6.07, 6.45) is 1.41. The average Bonchev–Trinajstić information content (AvgIpc) is 3.05. The van der Waals surface area contributed by atoms with Crippen molar-refractivity contribution in [1.29, 1.82) is 0 Å². The van der Waals surface area contributed by atoms with Gasteiger partial charge in [-0.05, 0) is 55.3 Å². The zero-order valence-electron chi connectivity index (χ0n) is 16.7. The Morgan fingerprint density at radius 3 is 2.34 bits per heavy atom. The van der Waals surface area contributed by atoms with Crippen LogP contribution in [0, 0.1) is 19.7 Å². The molecule has 7 nitrogen and oxygen atoms in total. The minimum Gasteiger partial charge on any atom is -0.268 e. The quantitative estimate of drug-likeness (QED) is 0.271. The number of aryl methyl sites for hydroxylation is 2. The summed E-state index contributed by atoms with van der Waals surface area (Å²) in [7, 11) is -3.99. The molecule has 0 saturated carbocycles. The van der Waals surface area contributed by atoms with Gasteiger partial charge in [0.1, 0.15) is 11.2 Å². The summed E-state index contributed by atoms with van der Waals surface area (Å²) in [5.74, 6) is -0.725. The van der Waals surface area contributed by atoms with E-state index in [9.17, 15) is 17.6 Å². The fourth-order valence-electron chi connectivity index (χ4n) is 3.64. The van der Waals surface area contributed by atoms with Crippen LogP contribution < -0.4 is 5.56 Å². The standard InChI is InChI=1S/C21H14ClFN4O3S.ClH/c1-11-6-8-13(9-7-11)31(29,30)26-10-12(2)16-18(26)25-21(22)27-19(16)24-15-5-3-4-14(23)17(15)20(27)28;/h3-10H,1-2H3;1H. The van der Waals surface area contributed by atoms with Crippen LogP contribution in [-0.2, 0) is 10.0 Å². The second-order valence-electron chi connectivity index (χ2n) is 7.22. The predicted octanol–water partition coefficient (Wildman–Crippen LogP) is 4.27. The Labute approximate surface area is 192 Å². The maximum atomic E-state index is 14.3. The van der Waals surface area contributed by atoms with Crippen LogP contribution in [0.5, 0.6) is 0 Å². The number of aromatic nitrogens is 4. The minimum atomic E-state index is -3.99. The van der Waals surface area contributed by atoms with Gasteiger partial charge in [0.25, 0.3) is 15.6 Å². The fourth-order valence-corrected chi connectivity index (χ4v) is 5.24. The van der Waals surface area contributed by atoms with Crippen LogP contribution in [0.4, 0.5) is 4.39 Å². The number of benzene rings is 2. The third-order valence-corrected chi connectivity index (χ3v) is 7.09. The van der Waals surface area contributed by atoms with Gasteiger partial charge in [-0.15, -0.1) is 12.4 Å². The van der Waals surface area contributed by atoms with Crippen molar-refractivity contribution < 1.29 is 12.8 Å². The number of hydrogen-bond donors (Lipinski definition) is 0. The van der Waals surface area contributed by atoms with Gasteiger partial charge in [-0.2, -0.15) is 4.98 Å². The number of fused-ring (bicyclic) bond motifs is 4. The highest BCUT2D eigenvalue weighted by Gasteiger charge is 2.25. The molecular weight excluding hydrogens is 478 g/mol. The van der Waals surface area contributed by atoms with Gasteiger partial charge in [0.05, 0.1) is 15.8 Å². The van der Waals surface area contributed by atoms with E-state index in [1.165, 1.54) is 30.5 Å². The average molecular weight is 493 g/mol. The van der Waals surface area contributed by atoms with Crippen molar-refractivity contribution in [3.63, 3.8) is 0 Å². The molecule has 5 rings (SSSR count). The van der Waals surface area contributed by atoms with E-state index in [0.29, 0.717) is 10.9 Å². The molecular formula is C21H15Cl2FN4O3S.